The largest absolute Gasteiger partial charge is 0.352 e. The Morgan fingerprint density at radius 1 is 0.951 bits per heavy atom. The Hall–Kier alpha value is -3.30. The van der Waals surface area contributed by atoms with Gasteiger partial charge in [-0.2, -0.15) is 0 Å². The lowest BCUT2D eigenvalue weighted by Crippen LogP contribution is -2.53. The molecule has 0 bridgehead atoms. The van der Waals surface area contributed by atoms with Gasteiger partial charge in [0, 0.05) is 17.5 Å². The Bertz CT molecular complexity index is 1410. The van der Waals surface area contributed by atoms with Crippen LogP contribution in [0.1, 0.15) is 50.2 Å². The monoisotopic (exact) mass is 593 g/mol. The van der Waals surface area contributed by atoms with Gasteiger partial charge in [-0.3, -0.25) is 13.9 Å². The van der Waals surface area contributed by atoms with Gasteiger partial charge in [0.25, 0.3) is 10.0 Å². The van der Waals surface area contributed by atoms with Crippen LogP contribution in [-0.2, 0) is 26.2 Å². The molecule has 41 heavy (non-hydrogen) atoms. The number of nitrogens with zero attached hydrogens (tertiary/aromatic N) is 2. The number of carbonyl (C=O) groups excluding carboxylic acids is 2. The summed E-state index contributed by atoms with van der Waals surface area (Å²) in [6, 6.07) is 22.6. The van der Waals surface area contributed by atoms with Gasteiger partial charge in [0.05, 0.1) is 10.6 Å². The molecule has 0 aliphatic heterocycles. The molecule has 3 aromatic carbocycles. The molecule has 1 atom stereocenters. The fourth-order valence-electron chi connectivity index (χ4n) is 5.18. The van der Waals surface area contributed by atoms with Crippen LogP contribution in [0.15, 0.2) is 88.7 Å². The second-order valence-corrected chi connectivity index (χ2v) is 13.2. The van der Waals surface area contributed by atoms with Crippen molar-refractivity contribution in [2.75, 3.05) is 17.1 Å². The first-order chi connectivity index (χ1) is 19.7. The molecule has 1 N–H and O–H groups in total. The first-order valence-corrected chi connectivity index (χ1v) is 16.8. The van der Waals surface area contributed by atoms with Crippen molar-refractivity contribution >= 4 is 39.3 Å². The Morgan fingerprint density at radius 2 is 1.59 bits per heavy atom. The Balaban J connectivity index is 1.69. The van der Waals surface area contributed by atoms with E-state index in [1.165, 1.54) is 16.7 Å². The van der Waals surface area contributed by atoms with Crippen molar-refractivity contribution in [2.24, 2.45) is 0 Å². The molecule has 1 saturated carbocycles. The van der Waals surface area contributed by atoms with E-state index in [9.17, 15) is 18.0 Å². The molecular formula is C32H39N3O4S2. The van der Waals surface area contributed by atoms with Crippen LogP contribution >= 0.6 is 11.8 Å². The molecule has 1 aliphatic rings. The number of aryl methyl sites for hydroxylation is 1. The van der Waals surface area contributed by atoms with Crippen molar-refractivity contribution < 1.29 is 18.0 Å². The number of nitrogens with one attached hydrogen (secondary N) is 1. The molecule has 0 spiro atoms. The second-order valence-electron chi connectivity index (χ2n) is 10.4. The number of carbonyl (C=O) groups is 2. The second kappa shape index (κ2) is 14.0. The molecule has 0 aromatic heterocycles. The maximum absolute atomic E-state index is 14.2. The zero-order chi connectivity index (χ0) is 29.4. The summed E-state index contributed by atoms with van der Waals surface area (Å²) in [5, 5.41) is 3.14. The molecule has 0 unspecified atom stereocenters. The number of hydrogen-bond donors (Lipinski definition) is 1. The lowest BCUT2D eigenvalue weighted by Gasteiger charge is -2.33. The maximum atomic E-state index is 14.2. The van der Waals surface area contributed by atoms with E-state index in [1.54, 1.807) is 36.4 Å². The molecular weight excluding hydrogens is 555 g/mol. The van der Waals surface area contributed by atoms with Crippen LogP contribution in [0, 0.1) is 6.92 Å². The first kappa shape index (κ1) is 30.7. The van der Waals surface area contributed by atoms with Crippen LogP contribution < -0.4 is 9.62 Å². The smallest absolute Gasteiger partial charge is 0.264 e. The van der Waals surface area contributed by atoms with Gasteiger partial charge in [-0.25, -0.2) is 8.42 Å². The zero-order valence-corrected chi connectivity index (χ0v) is 25.6. The highest BCUT2D eigenvalue weighted by atomic mass is 32.2. The van der Waals surface area contributed by atoms with Crippen molar-refractivity contribution in [3.8, 4) is 0 Å². The Morgan fingerprint density at radius 3 is 2.17 bits per heavy atom. The lowest BCUT2D eigenvalue weighted by atomic mass is 10.1. The third-order valence-electron chi connectivity index (χ3n) is 7.53. The third kappa shape index (κ3) is 7.71. The van der Waals surface area contributed by atoms with Gasteiger partial charge in [-0.1, -0.05) is 67.8 Å². The quantitative estimate of drug-likeness (QED) is 0.269. The van der Waals surface area contributed by atoms with E-state index in [1.807, 2.05) is 62.6 Å². The highest BCUT2D eigenvalue weighted by molar-refractivity contribution is 7.98. The highest BCUT2D eigenvalue weighted by Gasteiger charge is 2.34. The summed E-state index contributed by atoms with van der Waals surface area (Å²) in [6.45, 7) is 3.56. The summed E-state index contributed by atoms with van der Waals surface area (Å²) < 4.78 is 29.2. The van der Waals surface area contributed by atoms with Crippen molar-refractivity contribution in [1.82, 2.24) is 10.2 Å². The van der Waals surface area contributed by atoms with Crippen LogP contribution in [-0.4, -0.2) is 50.0 Å². The van der Waals surface area contributed by atoms with E-state index in [2.05, 4.69) is 5.32 Å². The predicted octanol–water partition coefficient (Wildman–Crippen LogP) is 5.78. The summed E-state index contributed by atoms with van der Waals surface area (Å²) >= 11 is 1.52. The van der Waals surface area contributed by atoms with E-state index < -0.39 is 28.5 Å². The standard InChI is InChI=1S/C32H39N3O4S2/c1-4-30(32(37)33-26-12-8-9-13-26)34(22-25-10-6-5-7-11-25)31(36)23-35(27-16-14-24(2)15-17-27)41(38,39)29-20-18-28(40-3)19-21-29/h5-7,10-11,14-21,26,30H,4,8-9,12-13,22-23H2,1-3H3,(H,33,37)/t30-/m0/s1. The molecule has 4 rings (SSSR count). The minimum atomic E-state index is -4.09. The molecule has 0 radical (unpaired) electrons. The van der Waals surface area contributed by atoms with Gasteiger partial charge in [0.15, 0.2) is 0 Å². The fraction of sp³-hybridized carbons (Fsp3) is 0.375. The summed E-state index contributed by atoms with van der Waals surface area (Å²) in [5.41, 5.74) is 2.23. The highest BCUT2D eigenvalue weighted by Crippen LogP contribution is 2.27. The molecule has 1 aliphatic carbocycles. The summed E-state index contributed by atoms with van der Waals surface area (Å²) in [7, 11) is -4.09. The van der Waals surface area contributed by atoms with E-state index >= 15 is 0 Å². The lowest BCUT2D eigenvalue weighted by molar-refractivity contribution is -0.140. The summed E-state index contributed by atoms with van der Waals surface area (Å²) in [4.78, 5) is 30.2. The number of rotatable bonds is 12. The van der Waals surface area contributed by atoms with Gasteiger partial charge in [0.1, 0.15) is 12.6 Å². The van der Waals surface area contributed by atoms with Crippen molar-refractivity contribution in [2.45, 2.75) is 74.4 Å². The Kier molecular flexibility index (Phi) is 10.5. The molecule has 7 nitrogen and oxygen atoms in total. The molecule has 0 saturated heterocycles. The normalized spacial score (nSPS) is 14.4. The van der Waals surface area contributed by atoms with Gasteiger partial charge in [0.2, 0.25) is 11.8 Å². The van der Waals surface area contributed by atoms with Gasteiger partial charge in [-0.05, 0) is 74.4 Å². The fourth-order valence-corrected chi connectivity index (χ4v) is 7.00. The number of anilines is 1. The van der Waals surface area contributed by atoms with Crippen molar-refractivity contribution in [3.05, 3.63) is 90.0 Å². The van der Waals surface area contributed by atoms with Crippen LogP contribution in [0.5, 0.6) is 0 Å². The Labute approximate surface area is 248 Å². The summed E-state index contributed by atoms with van der Waals surface area (Å²) in [5.74, 6) is -0.631. The molecule has 3 aromatic rings. The van der Waals surface area contributed by atoms with E-state index in [4.69, 9.17) is 0 Å². The molecule has 9 heteroatoms. The average Bonchev–Trinajstić information content (AvgIpc) is 3.49. The minimum absolute atomic E-state index is 0.101. The van der Waals surface area contributed by atoms with Crippen LogP contribution in [0.4, 0.5) is 5.69 Å². The third-order valence-corrected chi connectivity index (χ3v) is 10.1. The number of hydrogen-bond acceptors (Lipinski definition) is 5. The maximum Gasteiger partial charge on any atom is 0.264 e. The van der Waals surface area contributed by atoms with Gasteiger partial charge < -0.3 is 10.2 Å². The molecule has 2 amide bonds. The minimum Gasteiger partial charge on any atom is -0.352 e. The van der Waals surface area contributed by atoms with Crippen molar-refractivity contribution in [3.63, 3.8) is 0 Å². The van der Waals surface area contributed by atoms with Crippen molar-refractivity contribution in [1.29, 1.82) is 0 Å². The average molecular weight is 594 g/mol. The van der Waals surface area contributed by atoms with Gasteiger partial charge >= 0.3 is 0 Å². The topological polar surface area (TPSA) is 86.8 Å². The number of benzene rings is 3. The summed E-state index contributed by atoms with van der Waals surface area (Å²) in [6.07, 6.45) is 6.36. The molecule has 1 fully saturated rings. The zero-order valence-electron chi connectivity index (χ0n) is 24.0. The van der Waals surface area contributed by atoms with Crippen LogP contribution in [0.3, 0.4) is 0 Å². The predicted molar refractivity (Wildman–Crippen MR) is 165 cm³/mol. The van der Waals surface area contributed by atoms with Crippen LogP contribution in [0.25, 0.3) is 0 Å². The number of thioether (sulfide) groups is 1. The molecule has 218 valence electrons. The first-order valence-electron chi connectivity index (χ1n) is 14.1. The number of amides is 2. The van der Waals surface area contributed by atoms with E-state index in [0.29, 0.717) is 12.1 Å². The SMILES string of the molecule is CC[C@@H](C(=O)NC1CCCC1)N(Cc1ccccc1)C(=O)CN(c1ccc(C)cc1)S(=O)(=O)c1ccc(SC)cc1. The number of sulfonamides is 1. The van der Waals surface area contributed by atoms with Gasteiger partial charge in [-0.15, -0.1) is 11.8 Å². The van der Waals surface area contributed by atoms with E-state index in [-0.39, 0.29) is 23.4 Å². The van der Waals surface area contributed by atoms with E-state index in [0.717, 1.165) is 46.0 Å². The molecule has 0 heterocycles. The van der Waals surface area contributed by atoms with Crippen LogP contribution in [0.2, 0.25) is 0 Å².